The molecule has 4 heteroatoms. The number of anilines is 2. The molecule has 0 radical (unpaired) electrons. The minimum atomic E-state index is -0.360. The highest BCUT2D eigenvalue weighted by Gasteiger charge is 2.17. The number of hydrogen-bond acceptors (Lipinski definition) is 2. The van der Waals surface area contributed by atoms with Gasteiger partial charge in [-0.1, -0.05) is 18.5 Å². The standard InChI is InChI=1S/C11H14ClFN2/c1-2-4-15-5-3-14-10-7-9(13)8(12)6-11(10)15/h6-7,14H,2-5H2,1H3. The highest BCUT2D eigenvalue weighted by Crippen LogP contribution is 2.33. The molecule has 1 N–H and O–H groups in total. The molecule has 0 bridgehead atoms. The smallest absolute Gasteiger partial charge is 0.143 e. The van der Waals surface area contributed by atoms with Crippen LogP contribution in [0.1, 0.15) is 13.3 Å². The Morgan fingerprint density at radius 1 is 1.53 bits per heavy atom. The van der Waals surface area contributed by atoms with Gasteiger partial charge >= 0.3 is 0 Å². The van der Waals surface area contributed by atoms with Crippen LogP contribution in [0.5, 0.6) is 0 Å². The van der Waals surface area contributed by atoms with Gasteiger partial charge in [-0.15, -0.1) is 0 Å². The zero-order chi connectivity index (χ0) is 10.8. The third kappa shape index (κ3) is 2.02. The van der Waals surface area contributed by atoms with Gasteiger partial charge in [-0.25, -0.2) is 4.39 Å². The maximum atomic E-state index is 13.2. The number of rotatable bonds is 2. The van der Waals surface area contributed by atoms with Crippen LogP contribution in [0.2, 0.25) is 5.02 Å². The summed E-state index contributed by atoms with van der Waals surface area (Å²) in [6.07, 6.45) is 1.08. The quantitative estimate of drug-likeness (QED) is 0.837. The minimum Gasteiger partial charge on any atom is -0.382 e. The van der Waals surface area contributed by atoms with Crippen LogP contribution in [0, 0.1) is 5.82 Å². The number of nitrogens with zero attached hydrogens (tertiary/aromatic N) is 1. The molecule has 0 amide bonds. The van der Waals surface area contributed by atoms with Gasteiger partial charge in [0.15, 0.2) is 0 Å². The molecule has 1 aromatic rings. The predicted molar refractivity (Wildman–Crippen MR) is 62.4 cm³/mol. The zero-order valence-electron chi connectivity index (χ0n) is 8.69. The summed E-state index contributed by atoms with van der Waals surface area (Å²) in [6, 6.07) is 3.17. The zero-order valence-corrected chi connectivity index (χ0v) is 9.44. The van der Waals surface area contributed by atoms with Gasteiger partial charge in [0.05, 0.1) is 16.4 Å². The molecular formula is C11H14ClFN2. The molecule has 0 spiro atoms. The highest BCUT2D eigenvalue weighted by atomic mass is 35.5. The lowest BCUT2D eigenvalue weighted by atomic mass is 10.2. The first kappa shape index (κ1) is 10.6. The van der Waals surface area contributed by atoms with E-state index in [-0.39, 0.29) is 10.8 Å². The summed E-state index contributed by atoms with van der Waals surface area (Å²) in [7, 11) is 0. The van der Waals surface area contributed by atoms with Crippen molar-refractivity contribution in [2.24, 2.45) is 0 Å². The lowest BCUT2D eigenvalue weighted by Crippen LogP contribution is -2.34. The molecule has 0 atom stereocenters. The second-order valence-electron chi connectivity index (χ2n) is 3.70. The van der Waals surface area contributed by atoms with Crippen molar-refractivity contribution in [3.8, 4) is 0 Å². The van der Waals surface area contributed by atoms with Crippen molar-refractivity contribution in [1.82, 2.24) is 0 Å². The molecule has 1 aliphatic rings. The monoisotopic (exact) mass is 228 g/mol. The predicted octanol–water partition coefficient (Wildman–Crippen LogP) is 3.12. The van der Waals surface area contributed by atoms with E-state index >= 15 is 0 Å². The van der Waals surface area contributed by atoms with Gasteiger partial charge in [0, 0.05) is 25.7 Å². The van der Waals surface area contributed by atoms with Gasteiger partial charge in [-0.2, -0.15) is 0 Å². The SMILES string of the molecule is CCCN1CCNc2cc(F)c(Cl)cc21. The van der Waals surface area contributed by atoms with E-state index in [1.54, 1.807) is 6.07 Å². The molecule has 0 aliphatic carbocycles. The molecule has 0 fully saturated rings. The van der Waals surface area contributed by atoms with Crippen molar-refractivity contribution in [2.45, 2.75) is 13.3 Å². The summed E-state index contributed by atoms with van der Waals surface area (Å²) in [5, 5.41) is 3.37. The van der Waals surface area contributed by atoms with Gasteiger partial charge in [0.25, 0.3) is 0 Å². The van der Waals surface area contributed by atoms with E-state index in [1.165, 1.54) is 6.07 Å². The molecule has 2 rings (SSSR count). The van der Waals surface area contributed by atoms with Crippen LogP contribution in [0.15, 0.2) is 12.1 Å². The number of hydrogen-bond donors (Lipinski definition) is 1. The number of nitrogens with one attached hydrogen (secondary N) is 1. The molecule has 0 saturated carbocycles. The maximum absolute atomic E-state index is 13.2. The summed E-state index contributed by atoms with van der Waals surface area (Å²) in [5.74, 6) is -0.360. The van der Waals surface area contributed by atoms with Crippen LogP contribution in [0.25, 0.3) is 0 Å². The Kier molecular flexibility index (Phi) is 3.00. The Labute approximate surface area is 94.0 Å². The molecular weight excluding hydrogens is 215 g/mol. The lowest BCUT2D eigenvalue weighted by Gasteiger charge is -2.32. The van der Waals surface area contributed by atoms with Crippen molar-refractivity contribution in [3.63, 3.8) is 0 Å². The van der Waals surface area contributed by atoms with Gasteiger partial charge < -0.3 is 10.2 Å². The van der Waals surface area contributed by atoms with Crippen molar-refractivity contribution in [2.75, 3.05) is 29.9 Å². The third-order valence-corrected chi connectivity index (χ3v) is 2.86. The fraction of sp³-hybridized carbons (Fsp3) is 0.455. The fourth-order valence-corrected chi connectivity index (χ4v) is 2.05. The van der Waals surface area contributed by atoms with Crippen LogP contribution in [-0.2, 0) is 0 Å². The Morgan fingerprint density at radius 3 is 3.07 bits per heavy atom. The third-order valence-electron chi connectivity index (χ3n) is 2.57. The Hall–Kier alpha value is -0.960. The van der Waals surface area contributed by atoms with E-state index in [1.807, 2.05) is 0 Å². The normalized spacial score (nSPS) is 14.7. The van der Waals surface area contributed by atoms with E-state index in [0.717, 1.165) is 37.4 Å². The van der Waals surface area contributed by atoms with E-state index < -0.39 is 0 Å². The van der Waals surface area contributed by atoms with Gasteiger partial charge in [-0.05, 0) is 12.5 Å². The van der Waals surface area contributed by atoms with E-state index in [2.05, 4.69) is 17.1 Å². The summed E-state index contributed by atoms with van der Waals surface area (Å²) >= 11 is 5.78. The van der Waals surface area contributed by atoms with Gasteiger partial charge in [-0.3, -0.25) is 0 Å². The Bertz CT molecular complexity index is 368. The van der Waals surface area contributed by atoms with E-state index in [9.17, 15) is 4.39 Å². The molecule has 1 aliphatic heterocycles. The fourth-order valence-electron chi connectivity index (χ4n) is 1.89. The molecule has 0 aromatic heterocycles. The molecule has 15 heavy (non-hydrogen) atoms. The van der Waals surface area contributed by atoms with Gasteiger partial charge in [0.1, 0.15) is 5.82 Å². The van der Waals surface area contributed by atoms with Crippen molar-refractivity contribution < 1.29 is 4.39 Å². The first-order valence-corrected chi connectivity index (χ1v) is 5.58. The largest absolute Gasteiger partial charge is 0.382 e. The van der Waals surface area contributed by atoms with Crippen LogP contribution in [0.4, 0.5) is 15.8 Å². The van der Waals surface area contributed by atoms with Crippen LogP contribution < -0.4 is 10.2 Å². The van der Waals surface area contributed by atoms with Crippen LogP contribution >= 0.6 is 11.6 Å². The second kappa shape index (κ2) is 4.27. The first-order valence-electron chi connectivity index (χ1n) is 5.20. The Balaban J connectivity index is 2.38. The maximum Gasteiger partial charge on any atom is 0.143 e. The van der Waals surface area contributed by atoms with E-state index in [0.29, 0.717) is 0 Å². The number of fused-ring (bicyclic) bond motifs is 1. The Morgan fingerprint density at radius 2 is 2.33 bits per heavy atom. The summed E-state index contributed by atoms with van der Waals surface area (Å²) in [6.45, 7) is 4.92. The topological polar surface area (TPSA) is 15.3 Å². The second-order valence-corrected chi connectivity index (χ2v) is 4.10. The molecule has 1 aromatic carbocycles. The molecule has 1 heterocycles. The lowest BCUT2D eigenvalue weighted by molar-refractivity contribution is 0.627. The van der Waals surface area contributed by atoms with Crippen molar-refractivity contribution >= 4 is 23.0 Å². The van der Waals surface area contributed by atoms with E-state index in [4.69, 9.17) is 11.6 Å². The average molecular weight is 229 g/mol. The summed E-state index contributed by atoms with van der Waals surface area (Å²) in [4.78, 5) is 2.23. The molecule has 82 valence electrons. The van der Waals surface area contributed by atoms with Crippen LogP contribution in [0.3, 0.4) is 0 Å². The average Bonchev–Trinajstić information content (AvgIpc) is 2.21. The summed E-state index contributed by atoms with van der Waals surface area (Å²) < 4.78 is 13.2. The van der Waals surface area contributed by atoms with Gasteiger partial charge in [0.2, 0.25) is 0 Å². The minimum absolute atomic E-state index is 0.193. The van der Waals surface area contributed by atoms with Crippen LogP contribution in [-0.4, -0.2) is 19.6 Å². The van der Waals surface area contributed by atoms with Crippen molar-refractivity contribution in [3.05, 3.63) is 23.0 Å². The molecule has 0 unspecified atom stereocenters. The van der Waals surface area contributed by atoms with Crippen molar-refractivity contribution in [1.29, 1.82) is 0 Å². The number of benzene rings is 1. The summed E-state index contributed by atoms with van der Waals surface area (Å²) in [5.41, 5.74) is 1.85. The molecule has 0 saturated heterocycles. The number of halogens is 2. The first-order chi connectivity index (χ1) is 7.22. The molecule has 2 nitrogen and oxygen atoms in total. The highest BCUT2D eigenvalue weighted by molar-refractivity contribution is 6.31.